The Balaban J connectivity index is 0.00000161. The Bertz CT molecular complexity index is 448. The van der Waals surface area contributed by atoms with Crippen molar-refractivity contribution in [3.63, 3.8) is 0 Å². The number of aromatic hydroxyl groups is 1. The van der Waals surface area contributed by atoms with E-state index in [9.17, 15) is 9.50 Å². The van der Waals surface area contributed by atoms with E-state index in [2.05, 4.69) is 15.1 Å². The number of hydrogen-bond acceptors (Lipinski definition) is 4. The minimum atomic E-state index is -0.363. The van der Waals surface area contributed by atoms with Gasteiger partial charge >= 0.3 is 0 Å². The molecule has 3 rings (SSSR count). The zero-order chi connectivity index (χ0) is 13.9. The van der Waals surface area contributed by atoms with E-state index in [0.717, 1.165) is 50.9 Å². The molecule has 0 radical (unpaired) electrons. The maximum absolute atomic E-state index is 13.3. The van der Waals surface area contributed by atoms with Crippen molar-refractivity contribution in [1.29, 1.82) is 0 Å². The first-order valence-corrected chi connectivity index (χ1v) is 7.36. The smallest absolute Gasteiger partial charge is 0.127 e. The van der Waals surface area contributed by atoms with Crippen molar-refractivity contribution in [3.8, 4) is 5.75 Å². The van der Waals surface area contributed by atoms with Crippen LogP contribution in [0.25, 0.3) is 0 Å². The predicted octanol–water partition coefficient (Wildman–Crippen LogP) is 1.43. The van der Waals surface area contributed by atoms with Crippen LogP contribution in [0, 0.1) is 5.82 Å². The lowest BCUT2D eigenvalue weighted by atomic mass is 10.2. The Hall–Kier alpha value is -0.880. The fourth-order valence-corrected chi connectivity index (χ4v) is 3.28. The summed E-state index contributed by atoms with van der Waals surface area (Å²) in [5, 5.41) is 12.8. The van der Waals surface area contributed by atoms with Gasteiger partial charge in [0.2, 0.25) is 0 Å². The van der Waals surface area contributed by atoms with Crippen LogP contribution in [0.4, 0.5) is 4.39 Å². The summed E-state index contributed by atoms with van der Waals surface area (Å²) in [6, 6.07) is 4.94. The van der Waals surface area contributed by atoms with Crippen molar-refractivity contribution in [2.75, 3.05) is 39.3 Å². The van der Waals surface area contributed by atoms with Crippen LogP contribution in [0.3, 0.4) is 0 Å². The molecule has 1 aromatic rings. The quantitative estimate of drug-likeness (QED) is 0.885. The Morgan fingerprint density at radius 2 is 1.95 bits per heavy atom. The van der Waals surface area contributed by atoms with Gasteiger partial charge in [-0.3, -0.25) is 9.80 Å². The molecule has 0 amide bonds. The number of halogens is 2. The van der Waals surface area contributed by atoms with Gasteiger partial charge in [-0.1, -0.05) is 0 Å². The molecular formula is C15H23ClFN3O. The zero-order valence-corrected chi connectivity index (χ0v) is 12.9. The molecule has 0 bridgehead atoms. The average molecular weight is 316 g/mol. The van der Waals surface area contributed by atoms with Gasteiger partial charge in [0.15, 0.2) is 0 Å². The second-order valence-electron chi connectivity index (χ2n) is 5.78. The van der Waals surface area contributed by atoms with E-state index in [1.165, 1.54) is 12.5 Å². The van der Waals surface area contributed by atoms with E-state index < -0.39 is 0 Å². The van der Waals surface area contributed by atoms with E-state index in [1.54, 1.807) is 6.07 Å². The number of nitrogens with zero attached hydrogens (tertiary/aromatic N) is 2. The first kappa shape index (κ1) is 16.5. The van der Waals surface area contributed by atoms with Crippen LogP contribution in [-0.2, 0) is 6.54 Å². The Labute approximate surface area is 131 Å². The summed E-state index contributed by atoms with van der Waals surface area (Å²) in [6.07, 6.45) is 1.18. The summed E-state index contributed by atoms with van der Waals surface area (Å²) >= 11 is 0. The van der Waals surface area contributed by atoms with Gasteiger partial charge in [-0.05, 0) is 24.1 Å². The van der Waals surface area contributed by atoms with Gasteiger partial charge in [-0.25, -0.2) is 4.39 Å². The summed E-state index contributed by atoms with van der Waals surface area (Å²) in [5.41, 5.74) is 0.850. The van der Waals surface area contributed by atoms with Crippen molar-refractivity contribution < 1.29 is 9.50 Å². The van der Waals surface area contributed by atoms with Crippen molar-refractivity contribution >= 4 is 12.4 Å². The Morgan fingerprint density at radius 1 is 1.19 bits per heavy atom. The van der Waals surface area contributed by atoms with E-state index >= 15 is 0 Å². The van der Waals surface area contributed by atoms with Crippen LogP contribution >= 0.6 is 12.4 Å². The van der Waals surface area contributed by atoms with Gasteiger partial charge in [0.1, 0.15) is 11.6 Å². The summed E-state index contributed by atoms with van der Waals surface area (Å²) in [7, 11) is 0. The van der Waals surface area contributed by atoms with Gasteiger partial charge in [-0.2, -0.15) is 0 Å². The number of nitrogens with one attached hydrogen (secondary N) is 1. The Kier molecular flexibility index (Phi) is 5.81. The summed E-state index contributed by atoms with van der Waals surface area (Å²) in [5.74, 6) is -0.351. The summed E-state index contributed by atoms with van der Waals surface area (Å²) in [4.78, 5) is 4.90. The van der Waals surface area contributed by atoms with Crippen LogP contribution in [0.2, 0.25) is 0 Å². The molecule has 2 heterocycles. The molecule has 0 aromatic heterocycles. The number of piperazine rings is 1. The third-order valence-corrected chi connectivity index (χ3v) is 4.26. The molecule has 2 aliphatic heterocycles. The van der Waals surface area contributed by atoms with Gasteiger partial charge in [-0.15, -0.1) is 12.4 Å². The molecule has 0 spiro atoms. The van der Waals surface area contributed by atoms with Crippen LogP contribution < -0.4 is 5.32 Å². The molecule has 2 aliphatic rings. The molecule has 2 saturated heterocycles. The summed E-state index contributed by atoms with van der Waals surface area (Å²) in [6.45, 7) is 7.21. The number of hydrogen-bond donors (Lipinski definition) is 2. The van der Waals surface area contributed by atoms with Crippen LogP contribution in [0.1, 0.15) is 12.0 Å². The highest BCUT2D eigenvalue weighted by Crippen LogP contribution is 2.21. The molecular weight excluding hydrogens is 293 g/mol. The summed E-state index contributed by atoms with van der Waals surface area (Å²) < 4.78 is 13.3. The third kappa shape index (κ3) is 4.30. The van der Waals surface area contributed by atoms with Gasteiger partial charge in [0.05, 0.1) is 0 Å². The molecule has 6 heteroatoms. The number of phenols is 1. The maximum atomic E-state index is 13.3. The molecule has 2 fully saturated rings. The number of benzene rings is 1. The second-order valence-corrected chi connectivity index (χ2v) is 5.78. The van der Waals surface area contributed by atoms with Crippen LogP contribution in [0.5, 0.6) is 5.75 Å². The first-order valence-electron chi connectivity index (χ1n) is 7.36. The lowest BCUT2D eigenvalue weighted by Crippen LogP contribution is -2.49. The molecule has 1 unspecified atom stereocenters. The fourth-order valence-electron chi connectivity index (χ4n) is 3.28. The molecule has 118 valence electrons. The van der Waals surface area contributed by atoms with Crippen LogP contribution in [0.15, 0.2) is 18.2 Å². The molecule has 0 aliphatic carbocycles. The van der Waals surface area contributed by atoms with E-state index in [1.807, 2.05) is 0 Å². The molecule has 0 saturated carbocycles. The van der Waals surface area contributed by atoms with E-state index in [0.29, 0.717) is 12.6 Å². The normalized spacial score (nSPS) is 24.0. The molecule has 2 N–H and O–H groups in total. The van der Waals surface area contributed by atoms with Crippen LogP contribution in [-0.4, -0.2) is 60.2 Å². The van der Waals surface area contributed by atoms with E-state index in [-0.39, 0.29) is 24.0 Å². The van der Waals surface area contributed by atoms with Gasteiger partial charge in [0.25, 0.3) is 0 Å². The second kappa shape index (κ2) is 7.40. The molecule has 1 aromatic carbocycles. The largest absolute Gasteiger partial charge is 0.508 e. The van der Waals surface area contributed by atoms with E-state index in [4.69, 9.17) is 0 Å². The minimum absolute atomic E-state index is 0. The molecule has 1 atom stereocenters. The van der Waals surface area contributed by atoms with Gasteiger partial charge < -0.3 is 10.4 Å². The topological polar surface area (TPSA) is 38.7 Å². The number of rotatable bonds is 3. The SMILES string of the molecule is Cl.Oc1cc(F)cc(CN2CCC(N3CCNCC3)C2)c1. The first-order chi connectivity index (χ1) is 9.70. The molecule has 21 heavy (non-hydrogen) atoms. The third-order valence-electron chi connectivity index (χ3n) is 4.26. The van der Waals surface area contributed by atoms with Crippen molar-refractivity contribution in [2.45, 2.75) is 19.0 Å². The minimum Gasteiger partial charge on any atom is -0.508 e. The van der Waals surface area contributed by atoms with Crippen molar-refractivity contribution in [3.05, 3.63) is 29.6 Å². The molecule has 4 nitrogen and oxygen atoms in total. The monoisotopic (exact) mass is 315 g/mol. The van der Waals surface area contributed by atoms with Crippen molar-refractivity contribution in [2.24, 2.45) is 0 Å². The highest BCUT2D eigenvalue weighted by atomic mass is 35.5. The number of phenolic OH excluding ortho intramolecular Hbond substituents is 1. The Morgan fingerprint density at radius 3 is 2.67 bits per heavy atom. The maximum Gasteiger partial charge on any atom is 0.127 e. The van der Waals surface area contributed by atoms with Gasteiger partial charge in [0, 0.05) is 57.9 Å². The van der Waals surface area contributed by atoms with Crippen molar-refractivity contribution in [1.82, 2.24) is 15.1 Å². The fraction of sp³-hybridized carbons (Fsp3) is 0.600. The zero-order valence-electron chi connectivity index (χ0n) is 12.1. The highest BCUT2D eigenvalue weighted by molar-refractivity contribution is 5.85. The number of likely N-dealkylation sites (tertiary alicyclic amines) is 1. The lowest BCUT2D eigenvalue weighted by molar-refractivity contribution is 0.170. The predicted molar refractivity (Wildman–Crippen MR) is 83.4 cm³/mol. The highest BCUT2D eigenvalue weighted by Gasteiger charge is 2.28. The standard InChI is InChI=1S/C15H22FN3O.ClH/c16-13-7-12(8-15(20)9-13)10-18-4-1-14(11-18)19-5-2-17-3-6-19;/h7-9,14,17,20H,1-6,10-11H2;1H. The lowest BCUT2D eigenvalue weighted by Gasteiger charge is -2.32. The average Bonchev–Trinajstić information content (AvgIpc) is 2.87.